The van der Waals surface area contributed by atoms with Crippen molar-refractivity contribution in [2.75, 3.05) is 6.61 Å². The molecule has 8 heteroatoms. The van der Waals surface area contributed by atoms with Crippen molar-refractivity contribution in [2.45, 2.75) is 10.9 Å². The number of hydrogen-bond acceptors (Lipinski definition) is 4. The second-order valence-corrected chi connectivity index (χ2v) is 5.21. The van der Waals surface area contributed by atoms with Gasteiger partial charge in [-0.25, -0.2) is 8.42 Å². The predicted molar refractivity (Wildman–Crippen MR) is 60.3 cm³/mol. The summed E-state index contributed by atoms with van der Waals surface area (Å²) < 4.78 is 25.4. The molecule has 0 radical (unpaired) electrons. The minimum absolute atomic E-state index is 0.0259. The fourth-order valence-corrected chi connectivity index (χ4v) is 2.78. The van der Waals surface area contributed by atoms with Crippen molar-refractivity contribution in [3.63, 3.8) is 0 Å². The number of hydrogen-bond donors (Lipinski definition) is 3. The molecule has 1 aromatic carbocycles. The Balaban J connectivity index is 3.05. The molecule has 6 nitrogen and oxygen atoms in total. The van der Waals surface area contributed by atoms with Crippen molar-refractivity contribution in [3.05, 3.63) is 29.3 Å². The van der Waals surface area contributed by atoms with Crippen LogP contribution >= 0.6 is 11.6 Å². The number of halogens is 1. The maximum absolute atomic E-state index is 11.8. The highest BCUT2D eigenvalue weighted by Crippen LogP contribution is 2.20. The van der Waals surface area contributed by atoms with Crippen molar-refractivity contribution in [3.8, 4) is 0 Å². The number of carboxylic acids is 1. The molecular weight excluding hydrogens is 270 g/mol. The highest BCUT2D eigenvalue weighted by molar-refractivity contribution is 7.89. The topological polar surface area (TPSA) is 104 Å². The molecular formula is C9H10ClNO5S. The first-order valence-electron chi connectivity index (χ1n) is 4.49. The van der Waals surface area contributed by atoms with E-state index in [9.17, 15) is 13.2 Å². The van der Waals surface area contributed by atoms with E-state index >= 15 is 0 Å². The Morgan fingerprint density at radius 2 is 2.00 bits per heavy atom. The highest BCUT2D eigenvalue weighted by atomic mass is 35.5. The summed E-state index contributed by atoms with van der Waals surface area (Å²) in [4.78, 5) is 10.4. The summed E-state index contributed by atoms with van der Waals surface area (Å²) in [6.07, 6.45) is 0. The number of sulfonamides is 1. The standard InChI is InChI=1S/C9H10ClNO5S/c10-6-3-1-2-4-8(6)17(15,16)11-7(5-12)9(13)14/h1-4,7,11-12H,5H2,(H,13,14)/t7-/m1/s1. The summed E-state index contributed by atoms with van der Waals surface area (Å²) in [6.45, 7) is -0.848. The minimum Gasteiger partial charge on any atom is -0.480 e. The van der Waals surface area contributed by atoms with Crippen LogP contribution in [0.3, 0.4) is 0 Å². The van der Waals surface area contributed by atoms with E-state index in [4.69, 9.17) is 21.8 Å². The normalized spacial score (nSPS) is 13.3. The van der Waals surface area contributed by atoms with Gasteiger partial charge in [-0.2, -0.15) is 4.72 Å². The van der Waals surface area contributed by atoms with Gasteiger partial charge in [-0.3, -0.25) is 4.79 Å². The molecule has 0 aliphatic carbocycles. The minimum atomic E-state index is -4.07. The number of carbonyl (C=O) groups is 1. The molecule has 0 aliphatic heterocycles. The third kappa shape index (κ3) is 3.40. The van der Waals surface area contributed by atoms with Crippen LogP contribution in [-0.2, 0) is 14.8 Å². The molecule has 1 atom stereocenters. The fourth-order valence-electron chi connectivity index (χ4n) is 1.08. The largest absolute Gasteiger partial charge is 0.480 e. The van der Waals surface area contributed by atoms with E-state index in [2.05, 4.69) is 0 Å². The van der Waals surface area contributed by atoms with Crippen molar-refractivity contribution >= 4 is 27.6 Å². The Kier molecular flexibility index (Phi) is 4.47. The fraction of sp³-hybridized carbons (Fsp3) is 0.222. The van der Waals surface area contributed by atoms with Crippen LogP contribution in [0, 0.1) is 0 Å². The average molecular weight is 280 g/mol. The summed E-state index contributed by atoms with van der Waals surface area (Å²) in [5.74, 6) is -1.47. The highest BCUT2D eigenvalue weighted by Gasteiger charge is 2.25. The lowest BCUT2D eigenvalue weighted by molar-refractivity contribution is -0.139. The van der Waals surface area contributed by atoms with Gasteiger partial charge in [0.05, 0.1) is 11.6 Å². The Labute approximate surface area is 103 Å². The number of aliphatic carboxylic acids is 1. The molecule has 94 valence electrons. The van der Waals surface area contributed by atoms with Gasteiger partial charge < -0.3 is 10.2 Å². The molecule has 0 bridgehead atoms. The van der Waals surface area contributed by atoms with E-state index in [0.29, 0.717) is 0 Å². The van der Waals surface area contributed by atoms with Gasteiger partial charge in [0.2, 0.25) is 10.0 Å². The Morgan fingerprint density at radius 1 is 1.41 bits per heavy atom. The van der Waals surface area contributed by atoms with Crippen LogP contribution in [0.15, 0.2) is 29.2 Å². The van der Waals surface area contributed by atoms with Crippen LogP contribution < -0.4 is 4.72 Å². The summed E-state index contributed by atoms with van der Waals surface area (Å²) in [6, 6.07) is 4.00. The molecule has 0 fully saturated rings. The van der Waals surface area contributed by atoms with Crippen molar-refractivity contribution in [1.29, 1.82) is 0 Å². The Hall–Kier alpha value is -1.15. The lowest BCUT2D eigenvalue weighted by atomic mass is 10.3. The maximum Gasteiger partial charge on any atom is 0.324 e. The molecule has 0 amide bonds. The summed E-state index contributed by atoms with van der Waals surface area (Å²) in [7, 11) is -4.07. The van der Waals surface area contributed by atoms with Crippen LogP contribution in [0.2, 0.25) is 5.02 Å². The molecule has 0 heterocycles. The number of nitrogens with one attached hydrogen (secondary N) is 1. The second-order valence-electron chi connectivity index (χ2n) is 3.13. The summed E-state index contributed by atoms with van der Waals surface area (Å²) in [5, 5.41) is 17.3. The van der Waals surface area contributed by atoms with Gasteiger partial charge in [-0.15, -0.1) is 0 Å². The first-order chi connectivity index (χ1) is 7.88. The smallest absolute Gasteiger partial charge is 0.324 e. The van der Waals surface area contributed by atoms with Gasteiger partial charge in [0.1, 0.15) is 10.9 Å². The van der Waals surface area contributed by atoms with Crippen molar-refractivity contribution < 1.29 is 23.4 Å². The van der Waals surface area contributed by atoms with Crippen LogP contribution in [-0.4, -0.2) is 37.2 Å². The van der Waals surface area contributed by atoms with Gasteiger partial charge in [0.25, 0.3) is 0 Å². The third-order valence-corrected chi connectivity index (χ3v) is 3.88. The quantitative estimate of drug-likeness (QED) is 0.707. The number of carboxylic acid groups (broad SMARTS) is 1. The van der Waals surface area contributed by atoms with Crippen molar-refractivity contribution in [2.24, 2.45) is 0 Å². The molecule has 3 N–H and O–H groups in total. The monoisotopic (exact) mass is 279 g/mol. The van der Waals surface area contributed by atoms with E-state index in [1.165, 1.54) is 18.2 Å². The molecule has 0 aliphatic rings. The van der Waals surface area contributed by atoms with Gasteiger partial charge in [0.15, 0.2) is 0 Å². The number of aliphatic hydroxyl groups excluding tert-OH is 1. The number of rotatable bonds is 5. The maximum atomic E-state index is 11.8. The number of aliphatic hydroxyl groups is 1. The van der Waals surface area contributed by atoms with Crippen LogP contribution in [0.1, 0.15) is 0 Å². The average Bonchev–Trinajstić information content (AvgIpc) is 2.26. The first-order valence-corrected chi connectivity index (χ1v) is 6.35. The molecule has 0 unspecified atom stereocenters. The Bertz CT molecular complexity index is 516. The van der Waals surface area contributed by atoms with E-state index < -0.39 is 28.6 Å². The zero-order valence-corrected chi connectivity index (χ0v) is 10.1. The molecule has 1 aromatic rings. The zero-order chi connectivity index (χ0) is 13.1. The molecule has 0 saturated heterocycles. The lowest BCUT2D eigenvalue weighted by Gasteiger charge is -2.12. The van der Waals surface area contributed by atoms with Gasteiger partial charge in [0, 0.05) is 0 Å². The van der Waals surface area contributed by atoms with Gasteiger partial charge in [-0.1, -0.05) is 23.7 Å². The first kappa shape index (κ1) is 13.9. The van der Waals surface area contributed by atoms with Crippen LogP contribution in [0.25, 0.3) is 0 Å². The lowest BCUT2D eigenvalue weighted by Crippen LogP contribution is -2.43. The van der Waals surface area contributed by atoms with Gasteiger partial charge >= 0.3 is 5.97 Å². The van der Waals surface area contributed by atoms with E-state index in [0.717, 1.165) is 0 Å². The predicted octanol–water partition coefficient (Wildman–Crippen LogP) is 0.0638. The molecule has 17 heavy (non-hydrogen) atoms. The molecule has 0 spiro atoms. The third-order valence-electron chi connectivity index (χ3n) is 1.90. The second kappa shape index (κ2) is 5.46. The summed E-state index contributed by atoms with van der Waals surface area (Å²) in [5.41, 5.74) is 0. The molecule has 0 saturated carbocycles. The molecule has 0 aromatic heterocycles. The van der Waals surface area contributed by atoms with E-state index in [-0.39, 0.29) is 9.92 Å². The molecule has 1 rings (SSSR count). The van der Waals surface area contributed by atoms with Gasteiger partial charge in [-0.05, 0) is 12.1 Å². The van der Waals surface area contributed by atoms with Crippen LogP contribution in [0.5, 0.6) is 0 Å². The summed E-state index contributed by atoms with van der Waals surface area (Å²) >= 11 is 5.69. The van der Waals surface area contributed by atoms with Crippen molar-refractivity contribution in [1.82, 2.24) is 4.72 Å². The van der Waals surface area contributed by atoms with E-state index in [1.54, 1.807) is 6.07 Å². The zero-order valence-electron chi connectivity index (χ0n) is 8.50. The Morgan fingerprint density at radius 3 is 2.47 bits per heavy atom. The van der Waals surface area contributed by atoms with E-state index in [1.807, 2.05) is 4.72 Å². The SMILES string of the molecule is O=C(O)[C@@H](CO)NS(=O)(=O)c1ccccc1Cl. The van der Waals surface area contributed by atoms with Crippen LogP contribution in [0.4, 0.5) is 0 Å². The number of benzene rings is 1.